The Labute approximate surface area is 259 Å². The van der Waals surface area contributed by atoms with Crippen molar-refractivity contribution in [3.05, 3.63) is 58.1 Å². The van der Waals surface area contributed by atoms with Crippen molar-refractivity contribution in [2.45, 2.75) is 75.4 Å². The summed E-state index contributed by atoms with van der Waals surface area (Å²) in [4.78, 5) is 14.4. The topological polar surface area (TPSA) is 102 Å². The number of methoxy groups -OCH3 is 1. The van der Waals surface area contributed by atoms with E-state index in [0.29, 0.717) is 24.9 Å². The fourth-order valence-electron chi connectivity index (χ4n) is 8.32. The normalized spacial score (nSPS) is 29.5. The number of nitrogens with zero attached hydrogens (tertiary/aromatic N) is 1. The van der Waals surface area contributed by atoms with E-state index in [4.69, 9.17) is 25.3 Å². The van der Waals surface area contributed by atoms with Gasteiger partial charge in [0.1, 0.15) is 5.75 Å². The molecular weight excluding hydrogens is 590 g/mol. The molecule has 10 heteroatoms. The van der Waals surface area contributed by atoms with E-state index in [1.54, 1.807) is 25.3 Å². The lowest BCUT2D eigenvalue weighted by atomic mass is 9.65. The lowest BCUT2D eigenvalue weighted by Crippen LogP contribution is -2.51. The summed E-state index contributed by atoms with van der Waals surface area (Å²) in [6.45, 7) is 2.02. The first-order valence-corrected chi connectivity index (χ1v) is 17.7. The maximum absolute atomic E-state index is 12.0. The van der Waals surface area contributed by atoms with Crippen LogP contribution in [0.3, 0.4) is 0 Å². The van der Waals surface area contributed by atoms with E-state index in [0.717, 1.165) is 87.2 Å². The molecule has 0 saturated heterocycles. The van der Waals surface area contributed by atoms with Gasteiger partial charge in [0.15, 0.2) is 0 Å². The molecule has 6 rings (SSSR count). The summed E-state index contributed by atoms with van der Waals surface area (Å²) < 4.78 is 41.7. The minimum Gasteiger partial charge on any atom is -0.490 e. The van der Waals surface area contributed by atoms with Crippen molar-refractivity contribution in [2.75, 3.05) is 38.0 Å². The van der Waals surface area contributed by atoms with E-state index < -0.39 is 16.1 Å². The molecule has 2 aromatic carbocycles. The van der Waals surface area contributed by atoms with Gasteiger partial charge in [0, 0.05) is 30.6 Å². The van der Waals surface area contributed by atoms with E-state index in [1.165, 1.54) is 11.1 Å². The highest BCUT2D eigenvalue weighted by atomic mass is 35.5. The largest absolute Gasteiger partial charge is 0.490 e. The van der Waals surface area contributed by atoms with Crippen LogP contribution in [0, 0.1) is 17.8 Å². The number of hydrogen-bond donors (Lipinski definition) is 1. The predicted molar refractivity (Wildman–Crippen MR) is 166 cm³/mol. The van der Waals surface area contributed by atoms with Gasteiger partial charge in [-0.2, -0.15) is 8.42 Å². The summed E-state index contributed by atoms with van der Waals surface area (Å²) in [6, 6.07) is 11.4. The number of carbonyl (C=O) groups is 1. The van der Waals surface area contributed by atoms with Crippen LogP contribution in [0.4, 0.5) is 5.69 Å². The maximum Gasteiger partial charge on any atom is 0.335 e. The summed E-state index contributed by atoms with van der Waals surface area (Å²) in [5, 5.41) is 10.6. The van der Waals surface area contributed by atoms with Gasteiger partial charge in [-0.15, -0.1) is 0 Å². The summed E-state index contributed by atoms with van der Waals surface area (Å²) >= 11 is 6.40. The van der Waals surface area contributed by atoms with Crippen LogP contribution in [0.1, 0.15) is 72.9 Å². The van der Waals surface area contributed by atoms with Gasteiger partial charge >= 0.3 is 5.97 Å². The molecule has 0 radical (unpaired) electrons. The molecule has 2 aromatic rings. The first kappa shape index (κ1) is 30.7. The Kier molecular flexibility index (Phi) is 8.72. The summed E-state index contributed by atoms with van der Waals surface area (Å²) in [5.74, 6) is 0.679. The van der Waals surface area contributed by atoms with Crippen LogP contribution in [-0.4, -0.2) is 64.8 Å². The van der Waals surface area contributed by atoms with Crippen LogP contribution in [0.5, 0.6) is 5.75 Å². The number of ether oxygens (including phenoxy) is 2. The van der Waals surface area contributed by atoms with Gasteiger partial charge in [0.05, 0.1) is 36.3 Å². The average Bonchev–Trinajstić information content (AvgIpc) is 3.10. The van der Waals surface area contributed by atoms with Crippen molar-refractivity contribution in [3.63, 3.8) is 0 Å². The molecule has 6 atom stereocenters. The number of carboxylic acid groups (broad SMARTS) is 1. The van der Waals surface area contributed by atoms with Crippen molar-refractivity contribution >= 4 is 33.4 Å². The van der Waals surface area contributed by atoms with Crippen molar-refractivity contribution in [3.8, 4) is 5.75 Å². The molecule has 8 nitrogen and oxygen atoms in total. The van der Waals surface area contributed by atoms with Gasteiger partial charge in [0.25, 0.3) is 10.1 Å². The lowest BCUT2D eigenvalue weighted by Gasteiger charge is -2.48. The highest BCUT2D eigenvalue weighted by molar-refractivity contribution is 7.86. The third-order valence-electron chi connectivity index (χ3n) is 10.4. The van der Waals surface area contributed by atoms with E-state index in [1.807, 2.05) is 6.07 Å². The quantitative estimate of drug-likeness (QED) is 0.350. The van der Waals surface area contributed by atoms with E-state index in [-0.39, 0.29) is 29.1 Å². The Bertz CT molecular complexity index is 1470. The van der Waals surface area contributed by atoms with Crippen molar-refractivity contribution < 1.29 is 32.0 Å². The number of anilines is 1. The monoisotopic (exact) mass is 631 g/mol. The number of aromatic carboxylic acids is 1. The summed E-state index contributed by atoms with van der Waals surface area (Å²) in [5.41, 5.74) is 3.39. The molecule has 0 bridgehead atoms. The van der Waals surface area contributed by atoms with Crippen LogP contribution in [0.15, 0.2) is 36.4 Å². The minimum absolute atomic E-state index is 0.0178. The van der Waals surface area contributed by atoms with Gasteiger partial charge in [-0.25, -0.2) is 4.79 Å². The Hall–Kier alpha value is -2.33. The lowest BCUT2D eigenvalue weighted by molar-refractivity contribution is -0.0693. The van der Waals surface area contributed by atoms with Crippen LogP contribution >= 0.6 is 11.6 Å². The van der Waals surface area contributed by atoms with Crippen molar-refractivity contribution in [1.82, 2.24) is 0 Å². The van der Waals surface area contributed by atoms with Crippen molar-refractivity contribution in [2.24, 2.45) is 17.8 Å². The van der Waals surface area contributed by atoms with Crippen LogP contribution in [0.25, 0.3) is 0 Å². The van der Waals surface area contributed by atoms with Gasteiger partial charge in [0.2, 0.25) is 0 Å². The number of rotatable bonds is 8. The summed E-state index contributed by atoms with van der Waals surface area (Å²) in [7, 11) is -1.74. The predicted octanol–water partition coefficient (Wildman–Crippen LogP) is 6.09. The zero-order valence-corrected chi connectivity index (χ0v) is 26.5. The highest BCUT2D eigenvalue weighted by Crippen LogP contribution is 2.48. The molecule has 0 amide bonds. The number of benzene rings is 2. The Morgan fingerprint density at radius 1 is 1.16 bits per heavy atom. The fraction of sp³-hybridized carbons (Fsp3) is 0.606. The Morgan fingerprint density at radius 2 is 2.00 bits per heavy atom. The van der Waals surface area contributed by atoms with Gasteiger partial charge in [-0.1, -0.05) is 24.1 Å². The van der Waals surface area contributed by atoms with Gasteiger partial charge in [-0.05, 0) is 111 Å². The molecule has 3 aliphatic carbocycles. The smallest absolute Gasteiger partial charge is 0.335 e. The zero-order chi connectivity index (χ0) is 30.4. The van der Waals surface area contributed by atoms with E-state index >= 15 is 0 Å². The first-order chi connectivity index (χ1) is 20.5. The van der Waals surface area contributed by atoms with E-state index in [9.17, 15) is 18.3 Å². The van der Waals surface area contributed by atoms with Crippen molar-refractivity contribution in [1.29, 1.82) is 0 Å². The molecule has 234 valence electrons. The number of hydrogen-bond acceptors (Lipinski definition) is 7. The molecule has 43 heavy (non-hydrogen) atoms. The molecule has 0 aromatic heterocycles. The Balaban J connectivity index is 1.28. The molecule has 1 spiro atoms. The second-order valence-corrected chi connectivity index (χ2v) is 15.2. The molecule has 2 fully saturated rings. The zero-order valence-electron chi connectivity index (χ0n) is 25.0. The molecule has 4 aliphatic rings. The van der Waals surface area contributed by atoms with Crippen LogP contribution in [-0.2, 0) is 30.9 Å². The second-order valence-electron chi connectivity index (χ2n) is 13.1. The highest BCUT2D eigenvalue weighted by Gasteiger charge is 2.46. The number of carboxylic acids is 1. The minimum atomic E-state index is -3.51. The second kappa shape index (κ2) is 12.2. The number of halogens is 1. The average molecular weight is 632 g/mol. The third-order valence-corrected chi connectivity index (χ3v) is 11.2. The SMILES string of the molecule is CO[C@@H]([C@H]1CCC[C@H](OS(C)(=O)=O)C1)[C@@H]1CC[C@H]1CN1CC2(CCCc3cc(Cl)ccc32)COc2ccc(C(=O)O)cc21. The van der Waals surface area contributed by atoms with E-state index in [2.05, 4.69) is 17.0 Å². The third kappa shape index (κ3) is 6.42. The fourth-order valence-corrected chi connectivity index (χ4v) is 9.18. The number of fused-ring (bicyclic) bond motifs is 3. The molecule has 1 unspecified atom stereocenters. The van der Waals surface area contributed by atoms with Crippen LogP contribution < -0.4 is 9.64 Å². The van der Waals surface area contributed by atoms with Gasteiger partial charge < -0.3 is 19.5 Å². The number of aryl methyl sites for hydroxylation is 1. The molecule has 1 aliphatic heterocycles. The first-order valence-electron chi connectivity index (χ1n) is 15.5. The van der Waals surface area contributed by atoms with Gasteiger partial charge in [-0.3, -0.25) is 4.18 Å². The molecule has 1 heterocycles. The van der Waals surface area contributed by atoms with Crippen LogP contribution in [0.2, 0.25) is 5.02 Å². The standard InChI is InChI=1S/C33H42ClNO7S/c1-40-31(22-5-3-7-26(16-22)42-43(2,38)39)27-11-8-24(27)18-35-19-33(14-4-6-21-15-25(34)10-12-28(21)33)20-41-30-13-9-23(32(36)37)17-29(30)35/h9-10,12-13,15,17,22,24,26-27,31H,3-8,11,14,16,18-20H2,1-2H3,(H,36,37)/t22-,24-,26-,27+,31-,33?/m0/s1. The molecule has 2 saturated carbocycles. The molecular formula is C33H42ClNO7S. The molecule has 1 N–H and O–H groups in total. The Morgan fingerprint density at radius 3 is 2.72 bits per heavy atom. The maximum atomic E-state index is 12.0. The summed E-state index contributed by atoms with van der Waals surface area (Å²) in [6.07, 6.45) is 9.31.